The Labute approximate surface area is 205 Å². The predicted octanol–water partition coefficient (Wildman–Crippen LogP) is 5.81. The molecule has 1 aromatic heterocycles. The van der Waals surface area contributed by atoms with Gasteiger partial charge in [-0.05, 0) is 82.4 Å². The summed E-state index contributed by atoms with van der Waals surface area (Å²) in [5, 5.41) is 0.807. The van der Waals surface area contributed by atoms with Gasteiger partial charge in [-0.15, -0.1) is 24.2 Å². The fourth-order valence-corrected chi connectivity index (χ4v) is 5.17. The second-order valence-electron chi connectivity index (χ2n) is 7.83. The number of ether oxygens (including phenoxy) is 1. The molecule has 174 valence electrons. The van der Waals surface area contributed by atoms with E-state index in [9.17, 15) is 4.79 Å². The van der Waals surface area contributed by atoms with Gasteiger partial charge in [0.1, 0.15) is 5.75 Å². The molecule has 0 fully saturated rings. The van der Waals surface area contributed by atoms with Gasteiger partial charge in [-0.2, -0.15) is 0 Å². The van der Waals surface area contributed by atoms with E-state index in [1.54, 1.807) is 30.2 Å². The van der Waals surface area contributed by atoms with Gasteiger partial charge < -0.3 is 9.64 Å². The molecule has 1 amide bonds. The highest BCUT2D eigenvalue weighted by atomic mass is 35.5. The summed E-state index contributed by atoms with van der Waals surface area (Å²) in [4.78, 5) is 23.2. The second kappa shape index (κ2) is 12.4. The van der Waals surface area contributed by atoms with Crippen molar-refractivity contribution in [2.45, 2.75) is 31.6 Å². The Bertz CT molecular complexity index is 1020. The molecule has 0 N–H and O–H groups in total. The van der Waals surface area contributed by atoms with Crippen LogP contribution in [0.3, 0.4) is 0 Å². The second-order valence-corrected chi connectivity index (χ2v) is 10.0. The number of fused-ring (bicyclic) bond motifs is 1. The third kappa shape index (κ3) is 6.85. The highest BCUT2D eigenvalue weighted by molar-refractivity contribution is 7.99. The highest BCUT2D eigenvalue weighted by Gasteiger charge is 2.20. The van der Waals surface area contributed by atoms with Crippen molar-refractivity contribution < 1.29 is 9.53 Å². The van der Waals surface area contributed by atoms with Crippen molar-refractivity contribution >= 4 is 56.8 Å². The van der Waals surface area contributed by atoms with Gasteiger partial charge in [-0.3, -0.25) is 9.69 Å². The van der Waals surface area contributed by atoms with Gasteiger partial charge in [0, 0.05) is 23.6 Å². The first-order valence-corrected chi connectivity index (χ1v) is 12.3. The van der Waals surface area contributed by atoms with Gasteiger partial charge in [-0.25, -0.2) is 4.98 Å². The van der Waals surface area contributed by atoms with Gasteiger partial charge in [0.2, 0.25) is 5.91 Å². The number of halogens is 1. The Morgan fingerprint density at radius 3 is 2.47 bits per heavy atom. The molecule has 0 radical (unpaired) electrons. The summed E-state index contributed by atoms with van der Waals surface area (Å²) in [5.41, 5.74) is 3.43. The molecule has 0 atom stereocenters. The molecule has 0 aliphatic carbocycles. The van der Waals surface area contributed by atoms with Gasteiger partial charge >= 0.3 is 0 Å². The Hall–Kier alpha value is -1.80. The van der Waals surface area contributed by atoms with E-state index in [1.165, 1.54) is 11.1 Å². The summed E-state index contributed by atoms with van der Waals surface area (Å²) in [5.74, 6) is 1.71. The molecule has 0 spiro atoms. The first-order chi connectivity index (χ1) is 14.9. The van der Waals surface area contributed by atoms with E-state index >= 15 is 0 Å². The number of aromatic nitrogens is 1. The number of nitrogens with zero attached hydrogens (tertiary/aromatic N) is 3. The molecule has 0 aliphatic heterocycles. The van der Waals surface area contributed by atoms with Crippen LogP contribution >= 0.6 is 35.5 Å². The van der Waals surface area contributed by atoms with Crippen LogP contribution in [0, 0.1) is 13.8 Å². The number of aryl methyl sites for hydroxylation is 2. The monoisotopic (exact) mass is 493 g/mol. The number of thiazole rings is 1. The first-order valence-electron chi connectivity index (χ1n) is 10.5. The van der Waals surface area contributed by atoms with Crippen LogP contribution in [0.25, 0.3) is 10.2 Å². The molecule has 3 rings (SSSR count). The number of thioether (sulfide) groups is 1. The average Bonchev–Trinajstić information content (AvgIpc) is 3.18. The zero-order chi connectivity index (χ0) is 22.4. The van der Waals surface area contributed by atoms with Crippen molar-refractivity contribution in [3.63, 3.8) is 0 Å². The summed E-state index contributed by atoms with van der Waals surface area (Å²) >= 11 is 3.30. The number of methoxy groups -OCH3 is 1. The van der Waals surface area contributed by atoms with E-state index in [-0.39, 0.29) is 18.3 Å². The van der Waals surface area contributed by atoms with E-state index in [1.807, 2.05) is 29.2 Å². The Morgan fingerprint density at radius 1 is 1.09 bits per heavy atom. The number of rotatable bonds is 10. The van der Waals surface area contributed by atoms with Crippen LogP contribution in [0.4, 0.5) is 5.13 Å². The minimum Gasteiger partial charge on any atom is -0.497 e. The number of amides is 1. The maximum atomic E-state index is 13.2. The van der Waals surface area contributed by atoms with Crippen molar-refractivity contribution in [3.8, 4) is 5.75 Å². The van der Waals surface area contributed by atoms with Gasteiger partial charge in [0.15, 0.2) is 5.13 Å². The molecule has 1 heterocycles. The molecule has 8 heteroatoms. The van der Waals surface area contributed by atoms with Crippen LogP contribution < -0.4 is 9.64 Å². The number of carbonyl (C=O) groups excluding carboxylic acids is 1. The van der Waals surface area contributed by atoms with Gasteiger partial charge in [0.25, 0.3) is 0 Å². The number of benzene rings is 2. The SMILES string of the molecule is COc1ccc(SCCC(=O)N(CCCN(C)C)c2nc3c(C)c(C)ccc3s2)cc1.Cl. The van der Waals surface area contributed by atoms with Crippen LogP contribution in [0.1, 0.15) is 24.0 Å². The lowest BCUT2D eigenvalue weighted by molar-refractivity contribution is -0.118. The van der Waals surface area contributed by atoms with Gasteiger partial charge in [0.05, 0.1) is 17.3 Å². The maximum Gasteiger partial charge on any atom is 0.229 e. The quantitative estimate of drug-likeness (QED) is 0.333. The van der Waals surface area contributed by atoms with Crippen LogP contribution in [0.5, 0.6) is 5.75 Å². The van der Waals surface area contributed by atoms with Crippen molar-refractivity contribution in [3.05, 3.63) is 47.5 Å². The first kappa shape index (κ1) is 26.5. The van der Waals surface area contributed by atoms with Crippen molar-refractivity contribution in [2.75, 3.05) is 44.9 Å². The standard InChI is InChI=1S/C24H31N3O2S2.ClH/c1-17-7-12-21-23(18(17)2)25-24(31-21)27(15-6-14-26(3)4)22(28)13-16-30-20-10-8-19(29-5)9-11-20;/h7-12H,6,13-16H2,1-5H3;1H. The number of anilines is 1. The van der Waals surface area contributed by atoms with E-state index in [0.717, 1.165) is 44.7 Å². The largest absolute Gasteiger partial charge is 0.497 e. The summed E-state index contributed by atoms with van der Waals surface area (Å²) < 4.78 is 6.34. The van der Waals surface area contributed by atoms with E-state index in [4.69, 9.17) is 9.72 Å². The molecule has 0 saturated carbocycles. The molecular formula is C24H32ClN3O2S2. The minimum absolute atomic E-state index is 0. The summed E-state index contributed by atoms with van der Waals surface area (Å²) in [6.45, 7) is 5.82. The number of carbonyl (C=O) groups is 1. The highest BCUT2D eigenvalue weighted by Crippen LogP contribution is 2.32. The molecular weight excluding hydrogens is 462 g/mol. The maximum absolute atomic E-state index is 13.2. The van der Waals surface area contributed by atoms with Crippen LogP contribution in [0.15, 0.2) is 41.3 Å². The summed E-state index contributed by atoms with van der Waals surface area (Å²) in [6, 6.07) is 12.2. The summed E-state index contributed by atoms with van der Waals surface area (Å²) in [6.07, 6.45) is 1.39. The lowest BCUT2D eigenvalue weighted by atomic mass is 10.1. The lowest BCUT2D eigenvalue weighted by Crippen LogP contribution is -2.33. The van der Waals surface area contributed by atoms with Crippen molar-refractivity contribution in [1.82, 2.24) is 9.88 Å². The van der Waals surface area contributed by atoms with Gasteiger partial charge in [-0.1, -0.05) is 17.4 Å². The normalized spacial score (nSPS) is 10.9. The topological polar surface area (TPSA) is 45.7 Å². The van der Waals surface area contributed by atoms with Crippen LogP contribution in [-0.2, 0) is 4.79 Å². The molecule has 5 nitrogen and oxygen atoms in total. The molecule has 3 aromatic rings. The van der Waals surface area contributed by atoms with Crippen molar-refractivity contribution in [1.29, 1.82) is 0 Å². The van der Waals surface area contributed by atoms with E-state index < -0.39 is 0 Å². The third-order valence-electron chi connectivity index (χ3n) is 5.24. The van der Waals surface area contributed by atoms with Crippen LogP contribution in [-0.4, -0.2) is 55.8 Å². The predicted molar refractivity (Wildman–Crippen MR) is 140 cm³/mol. The van der Waals surface area contributed by atoms with Crippen LogP contribution in [0.2, 0.25) is 0 Å². The average molecular weight is 494 g/mol. The molecule has 0 bridgehead atoms. The number of hydrogen-bond donors (Lipinski definition) is 0. The molecule has 32 heavy (non-hydrogen) atoms. The van der Waals surface area contributed by atoms with Crippen molar-refractivity contribution in [2.24, 2.45) is 0 Å². The Kier molecular flexibility index (Phi) is 10.3. The smallest absolute Gasteiger partial charge is 0.229 e. The lowest BCUT2D eigenvalue weighted by Gasteiger charge is -2.21. The fourth-order valence-electron chi connectivity index (χ4n) is 3.26. The molecule has 2 aromatic carbocycles. The zero-order valence-electron chi connectivity index (χ0n) is 19.4. The summed E-state index contributed by atoms with van der Waals surface area (Å²) in [7, 11) is 5.78. The number of hydrogen-bond acceptors (Lipinski definition) is 6. The Morgan fingerprint density at radius 2 is 1.81 bits per heavy atom. The zero-order valence-corrected chi connectivity index (χ0v) is 21.8. The molecule has 0 aliphatic rings. The Balaban J connectivity index is 0.00000363. The minimum atomic E-state index is 0. The van der Waals surface area contributed by atoms with E-state index in [2.05, 4.69) is 45.0 Å². The molecule has 0 unspecified atom stereocenters. The molecule has 0 saturated heterocycles. The fraction of sp³-hybridized carbons (Fsp3) is 0.417. The van der Waals surface area contributed by atoms with E-state index in [0.29, 0.717) is 13.0 Å². The third-order valence-corrected chi connectivity index (χ3v) is 7.29.